The Morgan fingerprint density at radius 2 is 0.657 bits per heavy atom. The van der Waals surface area contributed by atoms with E-state index >= 15 is 0 Å². The highest BCUT2D eigenvalue weighted by Crippen LogP contribution is 2.33. The minimum atomic E-state index is -3.26. The van der Waals surface area contributed by atoms with Gasteiger partial charge in [-0.05, 0) is 136 Å². The molecule has 4 aliphatic rings. The second-order valence-corrected chi connectivity index (χ2v) is 27.7. The molecule has 30 heteroatoms. The smallest absolute Gasteiger partial charge is 0.253 e. The molecule has 12 aromatic rings. The summed E-state index contributed by atoms with van der Waals surface area (Å²) in [4.78, 5) is 84.3. The van der Waals surface area contributed by atoms with E-state index in [0.717, 1.165) is 19.1 Å². The van der Waals surface area contributed by atoms with Gasteiger partial charge in [-0.25, -0.2) is 65.9 Å². The SMILES string of the molecule is CS(=O)(=O)N1CC(NC(=O)c2cnc(N)c3nc(-c4cccc(F)c4)ccc23)C1.Nc1ncc(C(=O)NC2CC(O)C2)c2ccc(-c3cccc(F)c3)nc12.Nc1ncc(C(=O)NC2CC(O)C2)c2ccc(-c3cccc(F)c3)nc12.Nc1ncc(C(=O)NC2CC2)c2ccc(-c3cccc(F)c3)nc12. The second-order valence-electron chi connectivity index (χ2n) is 25.7. The molecule has 3 saturated carbocycles. The maximum absolute atomic E-state index is 13.5. The van der Waals surface area contributed by atoms with E-state index in [1.54, 1.807) is 97.1 Å². The van der Waals surface area contributed by atoms with Crippen molar-refractivity contribution in [2.24, 2.45) is 0 Å². The first-order valence-corrected chi connectivity index (χ1v) is 35.0. The molecule has 8 aromatic heterocycles. The number of halogens is 4. The van der Waals surface area contributed by atoms with Crippen molar-refractivity contribution in [3.8, 4) is 45.0 Å². The molecule has 0 bridgehead atoms. The van der Waals surface area contributed by atoms with Crippen LogP contribution < -0.4 is 44.2 Å². The van der Waals surface area contributed by atoms with E-state index in [0.29, 0.717) is 131 Å². The number of sulfonamides is 1. The lowest BCUT2D eigenvalue weighted by atomic mass is 9.89. The van der Waals surface area contributed by atoms with Crippen molar-refractivity contribution < 1.29 is 55.4 Å². The first-order valence-electron chi connectivity index (χ1n) is 33.2. The van der Waals surface area contributed by atoms with Crippen molar-refractivity contribution in [2.45, 2.75) is 74.9 Å². The van der Waals surface area contributed by atoms with Crippen molar-refractivity contribution in [2.75, 3.05) is 42.3 Å². The summed E-state index contributed by atoms with van der Waals surface area (Å²) in [6.45, 7) is 0.458. The quantitative estimate of drug-likeness (QED) is 0.0482. The zero-order valence-electron chi connectivity index (χ0n) is 55.9. The molecule has 1 aliphatic heterocycles. The van der Waals surface area contributed by atoms with Crippen LogP contribution in [0.4, 0.5) is 40.8 Å². The molecule has 0 unspecified atom stereocenters. The highest BCUT2D eigenvalue weighted by atomic mass is 32.2. The van der Waals surface area contributed by atoms with Crippen molar-refractivity contribution in [3.63, 3.8) is 0 Å². The monoisotopic (exact) mass is 1440 g/mol. The van der Waals surface area contributed by atoms with Crippen LogP contribution in [0.25, 0.3) is 88.6 Å². The summed E-state index contributed by atoms with van der Waals surface area (Å²) in [7, 11) is -3.26. The third-order valence-electron chi connectivity index (χ3n) is 18.0. The number of nitrogens with one attached hydrogen (secondary N) is 4. The molecule has 4 amide bonds. The van der Waals surface area contributed by atoms with Crippen LogP contribution in [-0.2, 0) is 10.0 Å². The van der Waals surface area contributed by atoms with Gasteiger partial charge >= 0.3 is 0 Å². The first-order chi connectivity index (χ1) is 50.3. The van der Waals surface area contributed by atoms with Gasteiger partial charge < -0.3 is 54.4 Å². The summed E-state index contributed by atoms with van der Waals surface area (Å²) >= 11 is 0. The lowest BCUT2D eigenvalue weighted by molar-refractivity contribution is 0.0553. The largest absolute Gasteiger partial charge is 0.393 e. The van der Waals surface area contributed by atoms with Gasteiger partial charge in [-0.15, -0.1) is 0 Å². The summed E-state index contributed by atoms with van der Waals surface area (Å²) < 4.78 is 78.1. The van der Waals surface area contributed by atoms with Crippen molar-refractivity contribution >= 4 is 101 Å². The molecule has 534 valence electrons. The van der Waals surface area contributed by atoms with Gasteiger partial charge in [0.05, 0.1) is 69.5 Å². The summed E-state index contributed by atoms with van der Waals surface area (Å²) in [6, 6.07) is 38.1. The molecular weight excluding hydrogens is 1370 g/mol. The molecule has 14 N–H and O–H groups in total. The van der Waals surface area contributed by atoms with Gasteiger partial charge in [0, 0.05) is 99.8 Å². The highest BCUT2D eigenvalue weighted by molar-refractivity contribution is 7.88. The molecule has 0 spiro atoms. The maximum atomic E-state index is 13.5. The molecular formula is C75H67F4N17O8S. The molecule has 25 nitrogen and oxygen atoms in total. The molecule has 9 heterocycles. The van der Waals surface area contributed by atoms with Crippen molar-refractivity contribution in [1.82, 2.24) is 65.4 Å². The Bertz CT molecular complexity index is 5370. The van der Waals surface area contributed by atoms with Crippen LogP contribution in [0.15, 0.2) is 170 Å². The number of nitrogens with zero attached hydrogens (tertiary/aromatic N) is 9. The number of nitrogens with two attached hydrogens (primary N) is 4. The van der Waals surface area contributed by atoms with E-state index < -0.39 is 10.0 Å². The number of rotatable bonds is 13. The van der Waals surface area contributed by atoms with E-state index in [2.05, 4.69) is 61.1 Å². The van der Waals surface area contributed by atoms with Gasteiger partial charge in [-0.2, -0.15) is 4.31 Å². The van der Waals surface area contributed by atoms with Gasteiger partial charge in [0.25, 0.3) is 23.6 Å². The molecule has 3 aliphatic carbocycles. The average molecular weight is 1440 g/mol. The Morgan fingerprint density at radius 3 is 0.895 bits per heavy atom. The van der Waals surface area contributed by atoms with Crippen molar-refractivity contribution in [1.29, 1.82) is 0 Å². The van der Waals surface area contributed by atoms with Crippen LogP contribution in [0.5, 0.6) is 0 Å². The van der Waals surface area contributed by atoms with Crippen LogP contribution in [-0.4, -0.2) is 142 Å². The topological polar surface area (TPSA) is 401 Å². The Kier molecular flexibility index (Phi) is 20.3. The van der Waals surface area contributed by atoms with Crippen LogP contribution >= 0.6 is 0 Å². The highest BCUT2D eigenvalue weighted by Gasteiger charge is 2.35. The predicted molar refractivity (Wildman–Crippen MR) is 389 cm³/mol. The van der Waals surface area contributed by atoms with Gasteiger partial charge in [-0.3, -0.25) is 19.2 Å². The number of amides is 4. The third kappa shape index (κ3) is 16.3. The Hall–Kier alpha value is -12.3. The van der Waals surface area contributed by atoms with E-state index in [-0.39, 0.29) is 125 Å². The summed E-state index contributed by atoms with van der Waals surface area (Å²) in [5.74, 6) is -1.74. The van der Waals surface area contributed by atoms with E-state index in [4.69, 9.17) is 22.9 Å². The van der Waals surface area contributed by atoms with Crippen LogP contribution in [0.1, 0.15) is 80.0 Å². The molecule has 16 rings (SSSR count). The van der Waals surface area contributed by atoms with Gasteiger partial charge in [-0.1, -0.05) is 48.5 Å². The normalized spacial score (nSPS) is 16.9. The fraction of sp³-hybridized carbons (Fsp3) is 0.200. The molecule has 1 saturated heterocycles. The summed E-state index contributed by atoms with van der Waals surface area (Å²) in [6.07, 6.45) is 10.3. The van der Waals surface area contributed by atoms with E-state index in [1.807, 2.05) is 0 Å². The Labute approximate surface area is 596 Å². The zero-order chi connectivity index (χ0) is 74.0. The average Bonchev–Trinajstić information content (AvgIpc) is 1.32. The number of nitrogen functional groups attached to an aromatic ring is 4. The van der Waals surface area contributed by atoms with Crippen LogP contribution in [0, 0.1) is 23.3 Å². The number of pyridine rings is 8. The molecule has 105 heavy (non-hydrogen) atoms. The zero-order valence-corrected chi connectivity index (χ0v) is 56.7. The Morgan fingerprint density at radius 1 is 0.400 bits per heavy atom. The fourth-order valence-corrected chi connectivity index (χ4v) is 12.9. The number of aromatic nitrogens is 8. The number of hydrogen-bond acceptors (Lipinski definition) is 20. The van der Waals surface area contributed by atoms with Crippen LogP contribution in [0.2, 0.25) is 0 Å². The van der Waals surface area contributed by atoms with Gasteiger partial charge in [0.2, 0.25) is 10.0 Å². The number of benzene rings is 4. The maximum Gasteiger partial charge on any atom is 0.253 e. The lowest BCUT2D eigenvalue weighted by Crippen LogP contribution is -2.60. The fourth-order valence-electron chi connectivity index (χ4n) is 12.0. The molecule has 4 aromatic carbocycles. The van der Waals surface area contributed by atoms with Crippen molar-refractivity contribution in [3.05, 3.63) is 216 Å². The number of aliphatic hydroxyl groups excluding tert-OH is 2. The minimum absolute atomic E-state index is 0.0374. The molecule has 0 radical (unpaired) electrons. The van der Waals surface area contributed by atoms with Gasteiger partial charge in [0.15, 0.2) is 0 Å². The standard InChI is InChI=1S/C19H18FN5O3S.2C19H17FN4O2.C18H15FN4O/c1-29(27,28)25-9-13(10-25)23-19(26)15-8-22-18(21)17-14(15)5-6-16(24-17)11-3-2-4-12(20)7-11;2*20-11-3-1-2-10(6-11)16-5-4-14-15(9-22-18(21)17(14)24-16)19(26)23-12-7-13(25)8-12;19-11-3-1-2-10(8-11)15-7-6-13-14(18(24)22-12-4-5-12)9-21-17(20)16(13)23-15/h2-8,13H,9-10H2,1H3,(H2,21,22)(H,23,26);2*1-6,9,12-13,25H,7-8H2,(H2,21,22)(H,23,26);1-3,6-9,12H,4-5H2,(H2,20,21)(H,22,24). The number of anilines is 4. The Balaban J connectivity index is 0.000000124. The molecule has 0 atom stereocenters. The lowest BCUT2D eigenvalue weighted by Gasteiger charge is -2.37. The second kappa shape index (κ2) is 30.0. The van der Waals surface area contributed by atoms with Gasteiger partial charge in [0.1, 0.15) is 68.6 Å². The number of hydrogen-bond donors (Lipinski definition) is 10. The first kappa shape index (κ1) is 71.2. The number of carbonyl (C=O) groups excluding carboxylic acids is 4. The third-order valence-corrected chi connectivity index (χ3v) is 19.2. The minimum Gasteiger partial charge on any atom is -0.393 e. The van der Waals surface area contributed by atoms with E-state index in [9.17, 15) is 55.4 Å². The molecule has 4 fully saturated rings. The predicted octanol–water partition coefficient (Wildman–Crippen LogP) is 8.84. The summed E-state index contributed by atoms with van der Waals surface area (Å²) in [5.41, 5.74) is 31.5. The number of fused-ring (bicyclic) bond motifs is 4. The van der Waals surface area contributed by atoms with E-state index in [1.165, 1.54) is 77.6 Å². The number of carbonyl (C=O) groups is 4. The summed E-state index contributed by atoms with van der Waals surface area (Å²) in [5, 5.41) is 32.5. The van der Waals surface area contributed by atoms with Crippen LogP contribution in [0.3, 0.4) is 0 Å². The number of aliphatic hydroxyl groups is 2.